The molecule has 1 spiro atoms. The zero-order valence-electron chi connectivity index (χ0n) is 11.5. The zero-order valence-corrected chi connectivity index (χ0v) is 11.5. The van der Waals surface area contributed by atoms with Gasteiger partial charge in [-0.25, -0.2) is 0 Å². The van der Waals surface area contributed by atoms with Gasteiger partial charge in [0.15, 0.2) is 0 Å². The lowest BCUT2D eigenvalue weighted by atomic mass is 9.92. The molecular weight excluding hydrogens is 232 g/mol. The first-order valence-corrected chi connectivity index (χ1v) is 7.75. The first-order valence-electron chi connectivity index (χ1n) is 7.75. The second-order valence-electron chi connectivity index (χ2n) is 6.24. The Hall–Kier alpha value is -1.44. The van der Waals surface area contributed by atoms with Gasteiger partial charge in [-0.15, -0.1) is 0 Å². The van der Waals surface area contributed by atoms with E-state index in [2.05, 4.69) is 34.9 Å². The van der Waals surface area contributed by atoms with E-state index in [-0.39, 0.29) is 5.66 Å². The van der Waals surface area contributed by atoms with Gasteiger partial charge in [-0.1, -0.05) is 31.1 Å². The summed E-state index contributed by atoms with van der Waals surface area (Å²) < 4.78 is 0. The smallest absolute Gasteiger partial charge is 0.107 e. The Labute approximate surface area is 114 Å². The highest BCUT2D eigenvalue weighted by atomic mass is 15.2. The summed E-state index contributed by atoms with van der Waals surface area (Å²) in [4.78, 5) is 0. The minimum absolute atomic E-state index is 0.134. The van der Waals surface area contributed by atoms with E-state index >= 15 is 0 Å². The molecule has 1 heterocycles. The Morgan fingerprint density at radius 1 is 0.947 bits per heavy atom. The van der Waals surface area contributed by atoms with Crippen LogP contribution in [0.2, 0.25) is 0 Å². The van der Waals surface area contributed by atoms with Crippen molar-refractivity contribution in [2.75, 3.05) is 5.32 Å². The Bertz CT molecular complexity index is 607. The third kappa shape index (κ3) is 1.85. The molecule has 1 aliphatic heterocycles. The van der Waals surface area contributed by atoms with Crippen LogP contribution < -0.4 is 21.1 Å². The standard InChI is InChI=1S/C17H22N2/c1-2-4-12-17(11-3-1)18-14-9-5-7-13-8-6-10-15(19-17)16(13)14/h5,7-9,18-19H,1-4,6,10-12H2. The minimum atomic E-state index is 0.134. The molecule has 2 heteroatoms. The molecule has 0 unspecified atom stereocenters. The molecule has 2 aliphatic carbocycles. The summed E-state index contributed by atoms with van der Waals surface area (Å²) in [6, 6.07) is 6.69. The third-order valence-electron chi connectivity index (χ3n) is 4.88. The van der Waals surface area contributed by atoms with Crippen LogP contribution in [0.5, 0.6) is 0 Å². The molecule has 19 heavy (non-hydrogen) atoms. The summed E-state index contributed by atoms with van der Waals surface area (Å²) in [5.74, 6) is 0. The Morgan fingerprint density at radius 2 is 1.79 bits per heavy atom. The Kier molecular flexibility index (Phi) is 2.57. The van der Waals surface area contributed by atoms with Crippen LogP contribution in [0.4, 0.5) is 5.69 Å². The van der Waals surface area contributed by atoms with Crippen LogP contribution in [0.15, 0.2) is 18.2 Å². The summed E-state index contributed by atoms with van der Waals surface area (Å²) >= 11 is 0. The van der Waals surface area contributed by atoms with Crippen LogP contribution in [0.3, 0.4) is 0 Å². The van der Waals surface area contributed by atoms with E-state index in [1.165, 1.54) is 73.2 Å². The molecule has 1 aromatic rings. The monoisotopic (exact) mass is 254 g/mol. The van der Waals surface area contributed by atoms with E-state index in [1.807, 2.05) is 0 Å². The van der Waals surface area contributed by atoms with Gasteiger partial charge in [0.05, 0.1) is 0 Å². The highest BCUT2D eigenvalue weighted by molar-refractivity contribution is 5.64. The van der Waals surface area contributed by atoms with Crippen LogP contribution in [0, 0.1) is 0 Å². The van der Waals surface area contributed by atoms with Gasteiger partial charge in [0.25, 0.3) is 0 Å². The van der Waals surface area contributed by atoms with Crippen molar-refractivity contribution in [3.8, 4) is 0 Å². The van der Waals surface area contributed by atoms with Crippen LogP contribution in [-0.2, 0) is 0 Å². The van der Waals surface area contributed by atoms with Crippen molar-refractivity contribution >= 4 is 17.5 Å². The molecule has 3 aliphatic rings. The minimum Gasteiger partial charge on any atom is -0.366 e. The maximum Gasteiger partial charge on any atom is 0.107 e. The Balaban J connectivity index is 1.83. The first kappa shape index (κ1) is 11.4. The van der Waals surface area contributed by atoms with Gasteiger partial charge >= 0.3 is 0 Å². The molecule has 2 N–H and O–H groups in total. The fourth-order valence-corrected chi connectivity index (χ4v) is 3.96. The average Bonchev–Trinajstić information content (AvgIpc) is 2.65. The molecule has 0 aromatic heterocycles. The van der Waals surface area contributed by atoms with Crippen molar-refractivity contribution in [1.29, 1.82) is 0 Å². The number of hydrogen-bond donors (Lipinski definition) is 2. The van der Waals surface area contributed by atoms with Gasteiger partial charge in [0.1, 0.15) is 5.66 Å². The zero-order chi connectivity index (χ0) is 12.7. The predicted octanol–water partition coefficient (Wildman–Crippen LogP) is 2.43. The van der Waals surface area contributed by atoms with Crippen molar-refractivity contribution in [2.45, 2.75) is 57.0 Å². The molecule has 0 atom stereocenters. The normalized spacial score (nSPS) is 23.7. The van der Waals surface area contributed by atoms with Crippen LogP contribution in [0.1, 0.15) is 51.4 Å². The quantitative estimate of drug-likeness (QED) is 0.743. The van der Waals surface area contributed by atoms with Crippen molar-refractivity contribution < 1.29 is 0 Å². The highest BCUT2D eigenvalue weighted by Gasteiger charge is 2.34. The molecule has 1 fully saturated rings. The molecule has 1 saturated carbocycles. The van der Waals surface area contributed by atoms with Crippen LogP contribution >= 0.6 is 0 Å². The first-order chi connectivity index (χ1) is 9.36. The lowest BCUT2D eigenvalue weighted by Crippen LogP contribution is -2.58. The van der Waals surface area contributed by atoms with Crippen LogP contribution in [-0.4, -0.2) is 5.66 Å². The average molecular weight is 254 g/mol. The van der Waals surface area contributed by atoms with E-state index in [1.54, 1.807) is 0 Å². The molecule has 0 saturated heterocycles. The number of benzene rings is 1. The molecule has 0 radical (unpaired) electrons. The van der Waals surface area contributed by atoms with E-state index in [0.29, 0.717) is 0 Å². The maximum atomic E-state index is 3.89. The van der Waals surface area contributed by atoms with Gasteiger partial charge in [0.2, 0.25) is 0 Å². The second kappa shape index (κ2) is 4.29. The lowest BCUT2D eigenvalue weighted by molar-refractivity contribution is 0.362. The molecule has 0 bridgehead atoms. The summed E-state index contributed by atoms with van der Waals surface area (Å²) in [5.41, 5.74) is 2.97. The number of rotatable bonds is 0. The van der Waals surface area contributed by atoms with Gasteiger partial charge in [0, 0.05) is 16.6 Å². The molecule has 0 amide bonds. The van der Waals surface area contributed by atoms with Crippen molar-refractivity contribution in [2.24, 2.45) is 0 Å². The van der Waals surface area contributed by atoms with Crippen molar-refractivity contribution in [1.82, 2.24) is 5.32 Å². The topological polar surface area (TPSA) is 24.1 Å². The fraction of sp³-hybridized carbons (Fsp3) is 0.529. The number of anilines is 1. The van der Waals surface area contributed by atoms with E-state index < -0.39 is 0 Å². The molecule has 100 valence electrons. The van der Waals surface area contributed by atoms with Crippen molar-refractivity contribution in [3.05, 3.63) is 28.6 Å². The predicted molar refractivity (Wildman–Crippen MR) is 80.0 cm³/mol. The third-order valence-corrected chi connectivity index (χ3v) is 4.88. The van der Waals surface area contributed by atoms with Crippen LogP contribution in [0.25, 0.3) is 11.8 Å². The summed E-state index contributed by atoms with van der Waals surface area (Å²) in [6.45, 7) is 0. The summed E-state index contributed by atoms with van der Waals surface area (Å²) in [7, 11) is 0. The largest absolute Gasteiger partial charge is 0.366 e. The molecule has 2 nitrogen and oxygen atoms in total. The van der Waals surface area contributed by atoms with E-state index in [9.17, 15) is 0 Å². The highest BCUT2D eigenvalue weighted by Crippen LogP contribution is 2.31. The van der Waals surface area contributed by atoms with Gasteiger partial charge < -0.3 is 10.6 Å². The SMILES string of the molecule is C1=c2cccc3c2=C(CC1)NC1(CCCCCC1)N3. The second-order valence-corrected chi connectivity index (χ2v) is 6.24. The van der Waals surface area contributed by atoms with Gasteiger partial charge in [-0.05, 0) is 49.8 Å². The number of nitrogens with one attached hydrogen (secondary N) is 2. The fourth-order valence-electron chi connectivity index (χ4n) is 3.96. The summed E-state index contributed by atoms with van der Waals surface area (Å²) in [6.07, 6.45) is 12.7. The molecule has 1 aromatic carbocycles. The maximum absolute atomic E-state index is 3.89. The molecule has 4 rings (SSSR count). The number of hydrogen-bond acceptors (Lipinski definition) is 2. The van der Waals surface area contributed by atoms with E-state index in [4.69, 9.17) is 0 Å². The lowest BCUT2D eigenvalue weighted by Gasteiger charge is -2.42. The van der Waals surface area contributed by atoms with E-state index in [0.717, 1.165) is 0 Å². The Morgan fingerprint density at radius 3 is 2.63 bits per heavy atom. The van der Waals surface area contributed by atoms with Crippen molar-refractivity contribution in [3.63, 3.8) is 0 Å². The van der Waals surface area contributed by atoms with Gasteiger partial charge in [-0.3, -0.25) is 0 Å². The summed E-state index contributed by atoms with van der Waals surface area (Å²) in [5, 5.41) is 10.6. The molecular formula is C17H22N2. The van der Waals surface area contributed by atoms with Gasteiger partial charge in [-0.2, -0.15) is 0 Å².